The number of nitrogens with zero attached hydrogens (tertiary/aromatic N) is 2. The maximum atomic E-state index is 12.7. The Labute approximate surface area is 133 Å². The van der Waals surface area contributed by atoms with E-state index < -0.39 is 17.4 Å². The van der Waals surface area contributed by atoms with Gasteiger partial charge in [0, 0.05) is 24.7 Å². The fourth-order valence-corrected chi connectivity index (χ4v) is 2.79. The number of rotatable bonds is 5. The normalized spacial score (nSPS) is 26.7. The number of ether oxygens (including phenoxy) is 1. The minimum Gasteiger partial charge on any atom is -0.394 e. The summed E-state index contributed by atoms with van der Waals surface area (Å²) in [5.74, 6) is 0. The number of aromatic amines is 1. The van der Waals surface area contributed by atoms with Crippen LogP contribution in [0.3, 0.4) is 0 Å². The molecule has 1 aliphatic heterocycles. The van der Waals surface area contributed by atoms with Crippen LogP contribution in [-0.2, 0) is 17.5 Å². The summed E-state index contributed by atoms with van der Waals surface area (Å²) in [4.78, 5) is 2.05. The predicted molar refractivity (Wildman–Crippen MR) is 77.9 cm³/mol. The van der Waals surface area contributed by atoms with Crippen molar-refractivity contribution in [1.82, 2.24) is 20.4 Å². The Morgan fingerprint density at radius 2 is 2.22 bits per heavy atom. The fraction of sp³-hybridized carbons (Fsp3) is 0.786. The van der Waals surface area contributed by atoms with E-state index in [0.29, 0.717) is 25.5 Å². The molecule has 1 fully saturated rings. The first-order valence-corrected chi connectivity index (χ1v) is 7.44. The summed E-state index contributed by atoms with van der Waals surface area (Å²) in [5.41, 5.74) is -1.00. The molecule has 1 saturated heterocycles. The molecule has 1 aliphatic rings. The lowest BCUT2D eigenvalue weighted by Gasteiger charge is -2.47. The molecule has 6 nitrogen and oxygen atoms in total. The molecule has 1 aromatic rings. The molecule has 0 unspecified atom stereocenters. The van der Waals surface area contributed by atoms with Crippen LogP contribution < -0.4 is 5.32 Å². The van der Waals surface area contributed by atoms with E-state index in [4.69, 9.17) is 4.74 Å². The maximum absolute atomic E-state index is 12.7. The topological polar surface area (TPSA) is 73.4 Å². The van der Waals surface area contributed by atoms with Gasteiger partial charge in [-0.05, 0) is 20.9 Å². The van der Waals surface area contributed by atoms with E-state index in [1.54, 1.807) is 0 Å². The van der Waals surface area contributed by atoms with Crippen LogP contribution in [0.25, 0.3) is 0 Å². The van der Waals surface area contributed by atoms with Crippen LogP contribution in [-0.4, -0.2) is 65.2 Å². The zero-order valence-electron chi connectivity index (χ0n) is 13.5. The molecule has 9 heteroatoms. The van der Waals surface area contributed by atoms with Gasteiger partial charge in [0.05, 0.1) is 31.1 Å². The molecule has 0 aromatic carbocycles. The molecule has 2 atom stereocenters. The van der Waals surface area contributed by atoms with E-state index in [2.05, 4.69) is 15.5 Å². The Hall–Kier alpha value is -1.16. The number of hydrogen-bond donors (Lipinski definition) is 3. The zero-order valence-corrected chi connectivity index (χ0v) is 13.5. The molecule has 1 aromatic heterocycles. The standard InChI is InChI=1S/C14H23F3N4O2/c1-9-5-23-8-13(7-22,21(9)3)6-18-4-11-10(2)12(20-19-11)14(15,16)17/h9,18,22H,4-8H2,1-3H3,(H,19,20)/t9-,13+/m1/s1. The second-order valence-electron chi connectivity index (χ2n) is 6.13. The van der Waals surface area contributed by atoms with Crippen molar-refractivity contribution in [3.05, 3.63) is 17.0 Å². The van der Waals surface area contributed by atoms with Gasteiger partial charge in [-0.1, -0.05) is 0 Å². The Kier molecular flexibility index (Phi) is 5.34. The molecule has 132 valence electrons. The predicted octanol–water partition coefficient (Wildman–Crippen LogP) is 0.908. The van der Waals surface area contributed by atoms with Crippen molar-refractivity contribution in [2.45, 2.75) is 38.1 Å². The highest BCUT2D eigenvalue weighted by molar-refractivity contribution is 5.25. The molecule has 0 bridgehead atoms. The van der Waals surface area contributed by atoms with Crippen molar-refractivity contribution < 1.29 is 23.0 Å². The first-order valence-electron chi connectivity index (χ1n) is 7.44. The van der Waals surface area contributed by atoms with Gasteiger partial charge >= 0.3 is 6.18 Å². The quantitative estimate of drug-likeness (QED) is 0.745. The Balaban J connectivity index is 2.00. The number of alkyl halides is 3. The maximum Gasteiger partial charge on any atom is 0.435 e. The number of likely N-dealkylation sites (N-methyl/N-ethyl adjacent to an activating group) is 1. The lowest BCUT2D eigenvalue weighted by Crippen LogP contribution is -2.65. The lowest BCUT2D eigenvalue weighted by molar-refractivity contribution is -0.141. The van der Waals surface area contributed by atoms with Crippen LogP contribution in [0.4, 0.5) is 13.2 Å². The number of morpholine rings is 1. The number of hydrogen-bond acceptors (Lipinski definition) is 5. The van der Waals surface area contributed by atoms with E-state index in [1.807, 2.05) is 18.9 Å². The third kappa shape index (κ3) is 3.68. The number of aliphatic hydroxyl groups excluding tert-OH is 1. The molecular weight excluding hydrogens is 313 g/mol. The van der Waals surface area contributed by atoms with Crippen LogP contribution in [0, 0.1) is 6.92 Å². The van der Waals surface area contributed by atoms with Crippen molar-refractivity contribution >= 4 is 0 Å². The second kappa shape index (κ2) is 6.76. The third-order valence-corrected chi connectivity index (χ3v) is 4.57. The summed E-state index contributed by atoms with van der Waals surface area (Å²) < 4.78 is 43.7. The molecule has 2 heterocycles. The smallest absolute Gasteiger partial charge is 0.394 e. The highest BCUT2D eigenvalue weighted by Gasteiger charge is 2.40. The Morgan fingerprint density at radius 3 is 2.78 bits per heavy atom. The van der Waals surface area contributed by atoms with Crippen molar-refractivity contribution in [3.63, 3.8) is 0 Å². The minimum absolute atomic E-state index is 0.0877. The van der Waals surface area contributed by atoms with Gasteiger partial charge in [0.1, 0.15) is 0 Å². The highest BCUT2D eigenvalue weighted by atomic mass is 19.4. The van der Waals surface area contributed by atoms with Gasteiger partial charge in [-0.25, -0.2) is 0 Å². The van der Waals surface area contributed by atoms with E-state index in [9.17, 15) is 18.3 Å². The molecule has 3 N–H and O–H groups in total. The molecule has 0 radical (unpaired) electrons. The van der Waals surface area contributed by atoms with E-state index in [0.717, 1.165) is 0 Å². The number of nitrogens with one attached hydrogen (secondary N) is 2. The van der Waals surface area contributed by atoms with Crippen molar-refractivity contribution in [3.8, 4) is 0 Å². The monoisotopic (exact) mass is 336 g/mol. The summed E-state index contributed by atoms with van der Waals surface area (Å²) in [7, 11) is 1.91. The van der Waals surface area contributed by atoms with Crippen LogP contribution >= 0.6 is 0 Å². The van der Waals surface area contributed by atoms with Crippen LogP contribution in [0.1, 0.15) is 23.9 Å². The van der Waals surface area contributed by atoms with Gasteiger partial charge in [0.25, 0.3) is 0 Å². The largest absolute Gasteiger partial charge is 0.435 e. The minimum atomic E-state index is -4.46. The summed E-state index contributed by atoms with van der Waals surface area (Å²) in [5, 5.41) is 18.6. The lowest BCUT2D eigenvalue weighted by atomic mass is 9.96. The highest BCUT2D eigenvalue weighted by Crippen LogP contribution is 2.31. The van der Waals surface area contributed by atoms with Crippen LogP contribution in [0.5, 0.6) is 0 Å². The van der Waals surface area contributed by atoms with Gasteiger partial charge in [-0.3, -0.25) is 10.00 Å². The van der Waals surface area contributed by atoms with Gasteiger partial charge < -0.3 is 15.2 Å². The van der Waals surface area contributed by atoms with Gasteiger partial charge in [-0.15, -0.1) is 0 Å². The number of aromatic nitrogens is 2. The average Bonchev–Trinajstić information content (AvgIpc) is 2.85. The van der Waals surface area contributed by atoms with E-state index in [1.165, 1.54) is 6.92 Å². The van der Waals surface area contributed by atoms with Crippen LogP contribution in [0.15, 0.2) is 0 Å². The molecule has 0 amide bonds. The second-order valence-corrected chi connectivity index (χ2v) is 6.13. The first-order chi connectivity index (χ1) is 10.7. The van der Waals surface area contributed by atoms with Crippen molar-refractivity contribution in [2.24, 2.45) is 0 Å². The van der Waals surface area contributed by atoms with Gasteiger partial charge in [0.15, 0.2) is 5.69 Å². The Bertz CT molecular complexity index is 535. The van der Waals surface area contributed by atoms with Crippen molar-refractivity contribution in [2.75, 3.05) is 33.4 Å². The molecule has 0 spiro atoms. The zero-order chi connectivity index (χ0) is 17.3. The van der Waals surface area contributed by atoms with Gasteiger partial charge in [0.2, 0.25) is 0 Å². The molecule has 0 aliphatic carbocycles. The van der Waals surface area contributed by atoms with Crippen LogP contribution in [0.2, 0.25) is 0 Å². The molecule has 0 saturated carbocycles. The van der Waals surface area contributed by atoms with E-state index in [-0.39, 0.29) is 24.8 Å². The summed E-state index contributed by atoms with van der Waals surface area (Å²) in [6.45, 7) is 4.85. The Morgan fingerprint density at radius 1 is 1.52 bits per heavy atom. The molecule has 2 rings (SSSR count). The number of aliphatic hydroxyl groups is 1. The van der Waals surface area contributed by atoms with Crippen molar-refractivity contribution in [1.29, 1.82) is 0 Å². The molecular formula is C14H23F3N4O2. The first kappa shape index (κ1) is 18.2. The summed E-state index contributed by atoms with van der Waals surface area (Å²) in [6, 6.07) is 0.156. The average molecular weight is 336 g/mol. The number of halogens is 3. The van der Waals surface area contributed by atoms with E-state index >= 15 is 0 Å². The molecule has 23 heavy (non-hydrogen) atoms. The SMILES string of the molecule is Cc1c(C(F)(F)F)n[nH]c1CNC[C@]1(CO)COC[C@@H](C)N1C. The third-order valence-electron chi connectivity index (χ3n) is 4.57. The summed E-state index contributed by atoms with van der Waals surface area (Å²) >= 11 is 0. The van der Waals surface area contributed by atoms with Gasteiger partial charge in [-0.2, -0.15) is 18.3 Å². The fourth-order valence-electron chi connectivity index (χ4n) is 2.79. The summed E-state index contributed by atoms with van der Waals surface area (Å²) in [6.07, 6.45) is -4.46. The number of H-pyrrole nitrogens is 1.